The number of aliphatic hydroxyl groups excluding tert-OH is 1. The van der Waals surface area contributed by atoms with Gasteiger partial charge in [0.1, 0.15) is 6.10 Å². The van der Waals surface area contributed by atoms with E-state index in [2.05, 4.69) is 4.98 Å². The molecule has 132 valence electrons. The van der Waals surface area contributed by atoms with Gasteiger partial charge in [-0.25, -0.2) is 9.59 Å². The third kappa shape index (κ3) is 3.86. The van der Waals surface area contributed by atoms with Crippen LogP contribution in [0.4, 0.5) is 0 Å². The summed E-state index contributed by atoms with van der Waals surface area (Å²) in [5.74, 6) is -0.522. The van der Waals surface area contributed by atoms with E-state index in [0.717, 1.165) is 0 Å². The Morgan fingerprint density at radius 1 is 1.28 bits per heavy atom. The monoisotopic (exact) mass is 346 g/mol. The van der Waals surface area contributed by atoms with Crippen LogP contribution < -0.4 is 11.2 Å². The predicted molar refractivity (Wildman–Crippen MR) is 87.4 cm³/mol. The zero-order valence-electron chi connectivity index (χ0n) is 13.3. The molecule has 2 aromatic rings. The van der Waals surface area contributed by atoms with Crippen LogP contribution in [0.3, 0.4) is 0 Å². The Morgan fingerprint density at radius 3 is 2.72 bits per heavy atom. The molecule has 0 saturated carbocycles. The van der Waals surface area contributed by atoms with E-state index in [9.17, 15) is 19.5 Å². The molecular formula is C17H18N2O6. The SMILES string of the molecule is O=C(OC1CC(CO)OCC1n1ccc(=O)[nH]c1=O)c1ccccc1. The Balaban J connectivity index is 1.86. The van der Waals surface area contributed by atoms with E-state index >= 15 is 0 Å². The summed E-state index contributed by atoms with van der Waals surface area (Å²) in [6.07, 6.45) is 0.425. The summed E-state index contributed by atoms with van der Waals surface area (Å²) >= 11 is 0. The van der Waals surface area contributed by atoms with Gasteiger partial charge in [-0.1, -0.05) is 18.2 Å². The van der Waals surface area contributed by atoms with Crippen molar-refractivity contribution in [2.75, 3.05) is 13.2 Å². The van der Waals surface area contributed by atoms with E-state index in [1.54, 1.807) is 30.3 Å². The lowest BCUT2D eigenvalue weighted by molar-refractivity contribution is -0.1000. The molecule has 1 saturated heterocycles. The number of hydrogen-bond acceptors (Lipinski definition) is 6. The van der Waals surface area contributed by atoms with Crippen molar-refractivity contribution in [1.82, 2.24) is 9.55 Å². The number of aromatic nitrogens is 2. The fourth-order valence-electron chi connectivity index (χ4n) is 2.81. The second-order valence-electron chi connectivity index (χ2n) is 5.77. The van der Waals surface area contributed by atoms with Gasteiger partial charge in [-0.3, -0.25) is 14.3 Å². The average Bonchev–Trinajstić information content (AvgIpc) is 2.63. The molecule has 1 aliphatic rings. The molecular weight excluding hydrogens is 328 g/mol. The molecule has 0 bridgehead atoms. The Labute approximate surface area is 142 Å². The Hall–Kier alpha value is -2.71. The maximum atomic E-state index is 12.4. The van der Waals surface area contributed by atoms with Gasteiger partial charge in [-0.15, -0.1) is 0 Å². The van der Waals surface area contributed by atoms with Gasteiger partial charge in [-0.2, -0.15) is 0 Å². The molecule has 0 spiro atoms. The van der Waals surface area contributed by atoms with Crippen LogP contribution in [0.2, 0.25) is 0 Å². The molecule has 0 amide bonds. The normalized spacial score (nSPS) is 23.2. The molecule has 3 rings (SSSR count). The molecule has 1 aromatic heterocycles. The van der Waals surface area contributed by atoms with E-state index in [0.29, 0.717) is 5.56 Å². The van der Waals surface area contributed by atoms with Crippen LogP contribution in [0.25, 0.3) is 0 Å². The minimum Gasteiger partial charge on any atom is -0.456 e. The second kappa shape index (κ2) is 7.45. The van der Waals surface area contributed by atoms with Gasteiger partial charge in [0, 0.05) is 18.7 Å². The predicted octanol–water partition coefficient (Wildman–Crippen LogP) is 0.0845. The van der Waals surface area contributed by atoms with Crippen LogP contribution in [-0.2, 0) is 9.47 Å². The number of benzene rings is 1. The van der Waals surface area contributed by atoms with Gasteiger partial charge in [0.15, 0.2) is 0 Å². The molecule has 3 unspecified atom stereocenters. The molecule has 1 aliphatic heterocycles. The van der Waals surface area contributed by atoms with Crippen LogP contribution in [0.15, 0.2) is 52.2 Å². The van der Waals surface area contributed by atoms with Gasteiger partial charge in [-0.05, 0) is 12.1 Å². The lowest BCUT2D eigenvalue weighted by Gasteiger charge is -2.35. The van der Waals surface area contributed by atoms with Crippen molar-refractivity contribution < 1.29 is 19.4 Å². The number of ether oxygens (including phenoxy) is 2. The van der Waals surface area contributed by atoms with E-state index < -0.39 is 35.5 Å². The number of aliphatic hydroxyl groups is 1. The molecule has 0 radical (unpaired) electrons. The third-order valence-corrected chi connectivity index (χ3v) is 4.11. The smallest absolute Gasteiger partial charge is 0.338 e. The first-order chi connectivity index (χ1) is 12.1. The van der Waals surface area contributed by atoms with Crippen molar-refractivity contribution in [2.24, 2.45) is 0 Å². The van der Waals surface area contributed by atoms with Gasteiger partial charge in [0.25, 0.3) is 5.56 Å². The number of esters is 1. The summed E-state index contributed by atoms with van der Waals surface area (Å²) in [4.78, 5) is 37.8. The molecule has 2 N–H and O–H groups in total. The van der Waals surface area contributed by atoms with Gasteiger partial charge in [0.05, 0.1) is 30.9 Å². The number of nitrogens with one attached hydrogen (secondary N) is 1. The van der Waals surface area contributed by atoms with Crippen LogP contribution in [0, 0.1) is 0 Å². The van der Waals surface area contributed by atoms with E-state index in [-0.39, 0.29) is 19.6 Å². The molecule has 2 heterocycles. The van der Waals surface area contributed by atoms with Crippen molar-refractivity contribution in [3.05, 3.63) is 69.0 Å². The minimum absolute atomic E-state index is 0.0733. The number of nitrogens with zero attached hydrogens (tertiary/aromatic N) is 1. The maximum Gasteiger partial charge on any atom is 0.338 e. The Morgan fingerprint density at radius 2 is 2.04 bits per heavy atom. The second-order valence-corrected chi connectivity index (χ2v) is 5.77. The van der Waals surface area contributed by atoms with Gasteiger partial charge in [0.2, 0.25) is 0 Å². The lowest BCUT2D eigenvalue weighted by Crippen LogP contribution is -2.46. The standard InChI is InChI=1S/C17H18N2O6/c20-9-12-8-14(25-16(22)11-4-2-1-3-5-11)13(10-24-12)19-7-6-15(21)18-17(19)23/h1-7,12-14,20H,8-10H2,(H,18,21,23). The number of hydrogen-bond donors (Lipinski definition) is 2. The number of carbonyl (C=O) groups excluding carboxylic acids is 1. The van der Waals surface area contributed by atoms with Crippen LogP contribution in [0.1, 0.15) is 22.8 Å². The van der Waals surface area contributed by atoms with Crippen LogP contribution in [-0.4, -0.2) is 46.0 Å². The van der Waals surface area contributed by atoms with Crippen molar-refractivity contribution in [3.63, 3.8) is 0 Å². The highest BCUT2D eigenvalue weighted by molar-refractivity contribution is 5.89. The summed E-state index contributed by atoms with van der Waals surface area (Å²) in [5, 5.41) is 9.33. The summed E-state index contributed by atoms with van der Waals surface area (Å²) in [5.41, 5.74) is -0.726. The van der Waals surface area contributed by atoms with Crippen molar-refractivity contribution >= 4 is 5.97 Å². The molecule has 1 aromatic carbocycles. The highest BCUT2D eigenvalue weighted by Crippen LogP contribution is 2.26. The van der Waals surface area contributed by atoms with E-state index in [4.69, 9.17) is 9.47 Å². The third-order valence-electron chi connectivity index (χ3n) is 4.11. The number of aromatic amines is 1. The number of carbonyl (C=O) groups is 1. The highest BCUT2D eigenvalue weighted by Gasteiger charge is 2.35. The molecule has 25 heavy (non-hydrogen) atoms. The van der Waals surface area contributed by atoms with Gasteiger partial charge < -0.3 is 14.6 Å². The van der Waals surface area contributed by atoms with Crippen molar-refractivity contribution in [1.29, 1.82) is 0 Å². The van der Waals surface area contributed by atoms with E-state index in [1.807, 2.05) is 0 Å². The maximum absolute atomic E-state index is 12.4. The zero-order valence-corrected chi connectivity index (χ0v) is 13.3. The molecule has 3 atom stereocenters. The van der Waals surface area contributed by atoms with Crippen LogP contribution in [0.5, 0.6) is 0 Å². The quantitative estimate of drug-likeness (QED) is 0.759. The zero-order chi connectivity index (χ0) is 17.8. The largest absolute Gasteiger partial charge is 0.456 e. The van der Waals surface area contributed by atoms with Gasteiger partial charge >= 0.3 is 11.7 Å². The number of rotatable bonds is 4. The summed E-state index contributed by atoms with van der Waals surface area (Å²) < 4.78 is 12.4. The minimum atomic E-state index is -0.679. The lowest BCUT2D eigenvalue weighted by atomic mass is 10.0. The topological polar surface area (TPSA) is 111 Å². The Kier molecular flexibility index (Phi) is 5.11. The van der Waals surface area contributed by atoms with Crippen molar-refractivity contribution in [2.45, 2.75) is 24.7 Å². The Bertz CT molecular complexity index is 844. The summed E-state index contributed by atoms with van der Waals surface area (Å²) in [6.45, 7) is -0.142. The summed E-state index contributed by atoms with van der Waals surface area (Å²) in [7, 11) is 0. The first kappa shape index (κ1) is 17.1. The highest BCUT2D eigenvalue weighted by atomic mass is 16.6. The molecule has 0 aliphatic carbocycles. The average molecular weight is 346 g/mol. The summed E-state index contributed by atoms with van der Waals surface area (Å²) in [6, 6.07) is 9.12. The molecule has 8 nitrogen and oxygen atoms in total. The fraction of sp³-hybridized carbons (Fsp3) is 0.353. The number of H-pyrrole nitrogens is 1. The molecule has 8 heteroatoms. The first-order valence-corrected chi connectivity index (χ1v) is 7.88. The van der Waals surface area contributed by atoms with Crippen molar-refractivity contribution in [3.8, 4) is 0 Å². The van der Waals surface area contributed by atoms with E-state index in [1.165, 1.54) is 16.8 Å². The first-order valence-electron chi connectivity index (χ1n) is 7.88. The van der Waals surface area contributed by atoms with Crippen LogP contribution >= 0.6 is 0 Å². The fourth-order valence-corrected chi connectivity index (χ4v) is 2.81. The molecule has 1 fully saturated rings.